The van der Waals surface area contributed by atoms with Crippen LogP contribution in [0.2, 0.25) is 0 Å². The summed E-state index contributed by atoms with van der Waals surface area (Å²) in [7, 11) is 0. The molecular weight excluding hydrogens is 372 g/mol. The van der Waals surface area contributed by atoms with Crippen LogP contribution in [-0.2, 0) is 22.4 Å². The molecule has 0 aromatic heterocycles. The van der Waals surface area contributed by atoms with Crippen molar-refractivity contribution in [1.29, 1.82) is 0 Å². The number of benzene rings is 1. The Balaban J connectivity index is 1.96. The molecule has 3 nitrogen and oxygen atoms in total. The first kappa shape index (κ1) is 26.5. The van der Waals surface area contributed by atoms with Crippen LogP contribution in [0.3, 0.4) is 0 Å². The molecule has 0 unspecified atom stereocenters. The monoisotopic (exact) mass is 418 g/mol. The van der Waals surface area contributed by atoms with E-state index in [4.69, 9.17) is 4.74 Å². The lowest BCUT2D eigenvalue weighted by atomic mass is 10.0. The molecule has 1 aromatic rings. The standard InChI is InChI=1S/C27H46O3/c1-4-6-7-8-9-10-11-12-13-14-15-16-17-20-30-26(28)19-18-24-21-23(3)27(29)25(5-2)22-24/h21-22,29H,4-20H2,1-3H3. The van der Waals surface area contributed by atoms with E-state index in [-0.39, 0.29) is 5.97 Å². The summed E-state index contributed by atoms with van der Waals surface area (Å²) in [6, 6.07) is 3.97. The molecule has 0 spiro atoms. The highest BCUT2D eigenvalue weighted by atomic mass is 16.5. The summed E-state index contributed by atoms with van der Waals surface area (Å²) < 4.78 is 5.39. The van der Waals surface area contributed by atoms with Crippen LogP contribution < -0.4 is 0 Å². The van der Waals surface area contributed by atoms with Crippen molar-refractivity contribution >= 4 is 5.97 Å². The fourth-order valence-electron chi connectivity index (χ4n) is 3.97. The molecule has 1 N–H and O–H groups in total. The number of hydrogen-bond acceptors (Lipinski definition) is 3. The number of phenols is 1. The van der Waals surface area contributed by atoms with Crippen LogP contribution in [0.1, 0.15) is 120 Å². The van der Waals surface area contributed by atoms with Gasteiger partial charge in [-0.25, -0.2) is 0 Å². The number of esters is 1. The zero-order chi connectivity index (χ0) is 22.0. The van der Waals surface area contributed by atoms with Crippen LogP contribution in [0, 0.1) is 6.92 Å². The highest BCUT2D eigenvalue weighted by Crippen LogP contribution is 2.25. The van der Waals surface area contributed by atoms with Crippen molar-refractivity contribution < 1.29 is 14.6 Å². The summed E-state index contributed by atoms with van der Waals surface area (Å²) in [5.74, 6) is 0.268. The molecule has 3 heteroatoms. The molecule has 30 heavy (non-hydrogen) atoms. The Kier molecular flexibility index (Phi) is 15.2. The van der Waals surface area contributed by atoms with E-state index in [9.17, 15) is 9.90 Å². The maximum absolute atomic E-state index is 12.0. The van der Waals surface area contributed by atoms with Crippen LogP contribution >= 0.6 is 0 Å². The number of carbonyl (C=O) groups is 1. The molecule has 1 rings (SSSR count). The summed E-state index contributed by atoms with van der Waals surface area (Å²) in [4.78, 5) is 12.0. The number of unbranched alkanes of at least 4 members (excludes halogenated alkanes) is 12. The predicted molar refractivity (Wildman–Crippen MR) is 127 cm³/mol. The zero-order valence-electron chi connectivity index (χ0n) is 19.9. The van der Waals surface area contributed by atoms with E-state index < -0.39 is 0 Å². The lowest BCUT2D eigenvalue weighted by molar-refractivity contribution is -0.143. The number of aryl methyl sites for hydroxylation is 3. The van der Waals surface area contributed by atoms with E-state index in [2.05, 4.69) is 6.92 Å². The van der Waals surface area contributed by atoms with Crippen molar-refractivity contribution in [3.8, 4) is 5.75 Å². The molecule has 0 atom stereocenters. The minimum atomic E-state index is -0.113. The summed E-state index contributed by atoms with van der Waals surface area (Å²) >= 11 is 0. The second-order valence-electron chi connectivity index (χ2n) is 8.74. The normalized spacial score (nSPS) is 11.0. The summed E-state index contributed by atoms with van der Waals surface area (Å²) in [5.41, 5.74) is 2.93. The molecule has 0 aliphatic rings. The lowest BCUT2D eigenvalue weighted by Gasteiger charge is -2.10. The number of phenolic OH excluding ortho intramolecular Hbond substituents is 1. The third-order valence-electron chi connectivity index (χ3n) is 5.95. The molecule has 0 amide bonds. The molecule has 0 aliphatic carbocycles. The van der Waals surface area contributed by atoms with Crippen LogP contribution in [-0.4, -0.2) is 17.7 Å². The van der Waals surface area contributed by atoms with Crippen molar-refractivity contribution in [1.82, 2.24) is 0 Å². The quantitative estimate of drug-likeness (QED) is 0.195. The Morgan fingerprint density at radius 3 is 1.90 bits per heavy atom. The van der Waals surface area contributed by atoms with Crippen molar-refractivity contribution in [3.05, 3.63) is 28.8 Å². The second-order valence-corrected chi connectivity index (χ2v) is 8.74. The molecule has 1 aromatic carbocycles. The van der Waals surface area contributed by atoms with Gasteiger partial charge in [0.05, 0.1) is 6.61 Å². The Bertz CT molecular complexity index is 580. The van der Waals surface area contributed by atoms with E-state index in [0.717, 1.165) is 36.0 Å². The van der Waals surface area contributed by atoms with Gasteiger partial charge in [0.2, 0.25) is 0 Å². The number of hydrogen-bond donors (Lipinski definition) is 1. The number of carbonyl (C=O) groups excluding carboxylic acids is 1. The average Bonchev–Trinajstić information content (AvgIpc) is 2.74. The molecular formula is C27H46O3. The third kappa shape index (κ3) is 12.2. The van der Waals surface area contributed by atoms with Crippen LogP contribution in [0.15, 0.2) is 12.1 Å². The molecule has 172 valence electrons. The van der Waals surface area contributed by atoms with Gasteiger partial charge in [-0.3, -0.25) is 4.79 Å². The van der Waals surface area contributed by atoms with Gasteiger partial charge in [0.25, 0.3) is 0 Å². The van der Waals surface area contributed by atoms with E-state index in [1.807, 2.05) is 26.0 Å². The van der Waals surface area contributed by atoms with Gasteiger partial charge in [-0.05, 0) is 42.9 Å². The highest BCUT2D eigenvalue weighted by molar-refractivity contribution is 5.69. The van der Waals surface area contributed by atoms with Gasteiger partial charge in [0.1, 0.15) is 5.75 Å². The molecule has 0 saturated carbocycles. The first-order valence-corrected chi connectivity index (χ1v) is 12.6. The third-order valence-corrected chi connectivity index (χ3v) is 5.95. The van der Waals surface area contributed by atoms with Gasteiger partial charge < -0.3 is 9.84 Å². The molecule has 0 aliphatic heterocycles. The maximum atomic E-state index is 12.0. The van der Waals surface area contributed by atoms with E-state index >= 15 is 0 Å². The number of aromatic hydroxyl groups is 1. The maximum Gasteiger partial charge on any atom is 0.306 e. The highest BCUT2D eigenvalue weighted by Gasteiger charge is 2.08. The SMILES string of the molecule is CCCCCCCCCCCCCCCOC(=O)CCc1cc(C)c(O)c(CC)c1. The van der Waals surface area contributed by atoms with Crippen LogP contribution in [0.4, 0.5) is 0 Å². The van der Waals surface area contributed by atoms with E-state index in [1.165, 1.54) is 70.6 Å². The van der Waals surface area contributed by atoms with Crippen molar-refractivity contribution in [3.63, 3.8) is 0 Å². The Labute approximate surface area is 185 Å². The predicted octanol–water partition coefficient (Wildman–Crippen LogP) is 7.83. The summed E-state index contributed by atoms with van der Waals surface area (Å²) in [5, 5.41) is 10.0. The van der Waals surface area contributed by atoms with Gasteiger partial charge in [-0.15, -0.1) is 0 Å². The molecule has 0 fully saturated rings. The minimum absolute atomic E-state index is 0.113. The average molecular weight is 419 g/mol. The first-order chi connectivity index (χ1) is 14.6. The van der Waals surface area contributed by atoms with Crippen LogP contribution in [0.25, 0.3) is 0 Å². The second kappa shape index (κ2) is 17.2. The molecule has 0 bridgehead atoms. The van der Waals surface area contributed by atoms with Gasteiger partial charge in [0, 0.05) is 6.42 Å². The Hall–Kier alpha value is -1.51. The summed E-state index contributed by atoms with van der Waals surface area (Å²) in [6.45, 7) is 6.75. The van der Waals surface area contributed by atoms with Crippen LogP contribution in [0.5, 0.6) is 5.75 Å². The van der Waals surface area contributed by atoms with Crippen molar-refractivity contribution in [2.45, 2.75) is 124 Å². The van der Waals surface area contributed by atoms with E-state index in [1.54, 1.807) is 0 Å². The minimum Gasteiger partial charge on any atom is -0.507 e. The topological polar surface area (TPSA) is 46.5 Å². The van der Waals surface area contributed by atoms with Crippen molar-refractivity contribution in [2.24, 2.45) is 0 Å². The number of rotatable bonds is 18. The molecule has 0 saturated heterocycles. The fraction of sp³-hybridized carbons (Fsp3) is 0.741. The number of ether oxygens (including phenoxy) is 1. The van der Waals surface area contributed by atoms with Gasteiger partial charge >= 0.3 is 5.97 Å². The Morgan fingerprint density at radius 2 is 1.37 bits per heavy atom. The first-order valence-electron chi connectivity index (χ1n) is 12.6. The van der Waals surface area contributed by atoms with Gasteiger partial charge in [-0.1, -0.05) is 103 Å². The largest absolute Gasteiger partial charge is 0.507 e. The summed E-state index contributed by atoms with van der Waals surface area (Å²) in [6.07, 6.45) is 19.1. The van der Waals surface area contributed by atoms with Crippen molar-refractivity contribution in [2.75, 3.05) is 6.61 Å². The smallest absolute Gasteiger partial charge is 0.306 e. The zero-order valence-corrected chi connectivity index (χ0v) is 19.9. The lowest BCUT2D eigenvalue weighted by Crippen LogP contribution is -2.07. The molecule has 0 radical (unpaired) electrons. The fourth-order valence-corrected chi connectivity index (χ4v) is 3.97. The van der Waals surface area contributed by atoms with Gasteiger partial charge in [0.15, 0.2) is 0 Å². The van der Waals surface area contributed by atoms with E-state index in [0.29, 0.717) is 25.2 Å². The Morgan fingerprint density at radius 1 is 0.833 bits per heavy atom. The van der Waals surface area contributed by atoms with Gasteiger partial charge in [-0.2, -0.15) is 0 Å². The molecule has 0 heterocycles.